The second-order valence-electron chi connectivity index (χ2n) is 6.00. The maximum Gasteiger partial charge on any atom is 0.118 e. The highest BCUT2D eigenvalue weighted by Gasteiger charge is 2.36. The molecule has 2 fully saturated rings. The monoisotopic (exact) mass is 293 g/mol. The van der Waals surface area contributed by atoms with Crippen LogP contribution in [-0.4, -0.2) is 35.9 Å². The summed E-state index contributed by atoms with van der Waals surface area (Å²) in [5, 5.41) is 14.1. The molecular weight excluding hydrogens is 270 g/mol. The second kappa shape index (κ2) is 5.96. The lowest BCUT2D eigenvalue weighted by atomic mass is 9.99. The van der Waals surface area contributed by atoms with Gasteiger partial charge in [-0.2, -0.15) is 11.8 Å². The number of hydrogen-bond donors (Lipinski definition) is 2. The average Bonchev–Trinajstić information content (AvgIpc) is 3.22. The van der Waals surface area contributed by atoms with Crippen LogP contribution in [0, 0.1) is 5.92 Å². The molecule has 3 rings (SSSR count). The number of nitrogens with one attached hydrogen (secondary N) is 1. The van der Waals surface area contributed by atoms with Crippen LogP contribution in [0.5, 0.6) is 5.75 Å². The molecule has 0 bridgehead atoms. The van der Waals surface area contributed by atoms with Gasteiger partial charge in [0.15, 0.2) is 0 Å². The van der Waals surface area contributed by atoms with Crippen molar-refractivity contribution in [2.45, 2.75) is 30.9 Å². The Morgan fingerprint density at radius 1 is 1.40 bits per heavy atom. The van der Waals surface area contributed by atoms with Gasteiger partial charge < -0.3 is 15.2 Å². The Labute approximate surface area is 125 Å². The molecule has 1 saturated carbocycles. The third-order valence-electron chi connectivity index (χ3n) is 4.30. The summed E-state index contributed by atoms with van der Waals surface area (Å²) in [6, 6.07) is 8.69. The first-order valence-electron chi connectivity index (χ1n) is 7.38. The van der Waals surface area contributed by atoms with Gasteiger partial charge in [-0.25, -0.2) is 0 Å². The Kier molecular flexibility index (Phi) is 4.24. The van der Waals surface area contributed by atoms with Gasteiger partial charge in [-0.05, 0) is 48.6 Å². The van der Waals surface area contributed by atoms with Gasteiger partial charge in [-0.3, -0.25) is 0 Å². The molecule has 20 heavy (non-hydrogen) atoms. The molecule has 1 aliphatic carbocycles. The molecule has 1 saturated heterocycles. The van der Waals surface area contributed by atoms with Gasteiger partial charge in [-0.1, -0.05) is 12.1 Å². The van der Waals surface area contributed by atoms with E-state index >= 15 is 0 Å². The van der Waals surface area contributed by atoms with E-state index in [1.165, 1.54) is 18.4 Å². The average molecular weight is 293 g/mol. The predicted octanol–water partition coefficient (Wildman–Crippen LogP) is 2.60. The fourth-order valence-electron chi connectivity index (χ4n) is 2.83. The van der Waals surface area contributed by atoms with Crippen LogP contribution in [-0.2, 0) is 0 Å². The highest BCUT2D eigenvalue weighted by molar-refractivity contribution is 7.99. The quantitative estimate of drug-likeness (QED) is 0.846. The highest BCUT2D eigenvalue weighted by Crippen LogP contribution is 2.41. The van der Waals surface area contributed by atoms with Crippen molar-refractivity contribution in [1.29, 1.82) is 0 Å². The number of methoxy groups -OCH3 is 1. The van der Waals surface area contributed by atoms with E-state index in [4.69, 9.17) is 4.74 Å². The molecule has 2 aliphatic rings. The maximum absolute atomic E-state index is 10.5. The lowest BCUT2D eigenvalue weighted by Crippen LogP contribution is -2.42. The Morgan fingerprint density at radius 3 is 2.70 bits per heavy atom. The van der Waals surface area contributed by atoms with Crippen molar-refractivity contribution in [1.82, 2.24) is 5.32 Å². The zero-order chi connectivity index (χ0) is 14.0. The van der Waals surface area contributed by atoms with E-state index in [0.717, 1.165) is 29.6 Å². The van der Waals surface area contributed by atoms with Crippen molar-refractivity contribution in [2.24, 2.45) is 5.92 Å². The zero-order valence-corrected chi connectivity index (χ0v) is 12.8. The summed E-state index contributed by atoms with van der Waals surface area (Å²) in [5.41, 5.74) is 0.798. The molecule has 4 heteroatoms. The smallest absolute Gasteiger partial charge is 0.118 e. The molecule has 2 unspecified atom stereocenters. The van der Waals surface area contributed by atoms with Crippen LogP contribution in [0.2, 0.25) is 0 Å². The molecule has 110 valence electrons. The number of hydrogen-bond acceptors (Lipinski definition) is 4. The first-order chi connectivity index (χ1) is 9.70. The molecule has 1 aliphatic heterocycles. The van der Waals surface area contributed by atoms with E-state index < -0.39 is 5.60 Å². The molecule has 0 spiro atoms. The molecule has 0 aromatic heterocycles. The van der Waals surface area contributed by atoms with Crippen LogP contribution in [0.4, 0.5) is 0 Å². The Balaban J connectivity index is 1.65. The van der Waals surface area contributed by atoms with E-state index in [-0.39, 0.29) is 0 Å². The zero-order valence-electron chi connectivity index (χ0n) is 12.0. The van der Waals surface area contributed by atoms with Gasteiger partial charge in [0.05, 0.1) is 12.7 Å². The fourth-order valence-corrected chi connectivity index (χ4v) is 4.13. The fraction of sp³-hybridized carbons (Fsp3) is 0.625. The van der Waals surface area contributed by atoms with E-state index in [1.807, 2.05) is 23.9 Å². The normalized spacial score (nSPS) is 27.5. The molecule has 3 nitrogen and oxygen atoms in total. The topological polar surface area (TPSA) is 41.5 Å². The van der Waals surface area contributed by atoms with Gasteiger partial charge in [0.1, 0.15) is 5.75 Å². The number of thioether (sulfide) groups is 1. The highest BCUT2D eigenvalue weighted by atomic mass is 32.2. The standard InChI is InChI=1S/C16H23NO2S/c1-19-14-6-4-13(5-7-14)15(12-2-3-12)17-10-16(18)8-9-20-11-16/h4-7,12,15,17-18H,2-3,8-11H2,1H3. The summed E-state index contributed by atoms with van der Waals surface area (Å²) in [4.78, 5) is 0. The summed E-state index contributed by atoms with van der Waals surface area (Å²) in [6.07, 6.45) is 3.48. The molecule has 1 heterocycles. The van der Waals surface area contributed by atoms with Crippen LogP contribution >= 0.6 is 11.8 Å². The minimum absolute atomic E-state index is 0.371. The molecule has 0 amide bonds. The molecule has 0 radical (unpaired) electrons. The summed E-state index contributed by atoms with van der Waals surface area (Å²) in [7, 11) is 1.69. The van der Waals surface area contributed by atoms with Crippen LogP contribution in [0.25, 0.3) is 0 Å². The largest absolute Gasteiger partial charge is 0.497 e. The number of rotatable bonds is 6. The van der Waals surface area contributed by atoms with Crippen LogP contribution in [0.15, 0.2) is 24.3 Å². The number of benzene rings is 1. The SMILES string of the molecule is COc1ccc(C(NCC2(O)CCSC2)C2CC2)cc1. The second-order valence-corrected chi connectivity index (χ2v) is 7.10. The maximum atomic E-state index is 10.5. The van der Waals surface area contributed by atoms with Crippen molar-refractivity contribution in [3.05, 3.63) is 29.8 Å². The van der Waals surface area contributed by atoms with E-state index in [9.17, 15) is 5.11 Å². The Bertz CT molecular complexity index is 438. The third-order valence-corrected chi connectivity index (χ3v) is 5.54. The molecular formula is C16H23NO2S. The van der Waals surface area contributed by atoms with Crippen molar-refractivity contribution >= 4 is 11.8 Å². The molecule has 1 aromatic carbocycles. The van der Waals surface area contributed by atoms with Crippen molar-refractivity contribution in [3.63, 3.8) is 0 Å². The van der Waals surface area contributed by atoms with Crippen molar-refractivity contribution in [3.8, 4) is 5.75 Å². The Hall–Kier alpha value is -0.710. The summed E-state index contributed by atoms with van der Waals surface area (Å²) < 4.78 is 5.22. The molecule has 2 atom stereocenters. The first kappa shape index (κ1) is 14.2. The van der Waals surface area contributed by atoms with Gasteiger partial charge in [0.2, 0.25) is 0 Å². The number of aliphatic hydroxyl groups is 1. The minimum atomic E-state index is -0.510. The summed E-state index contributed by atoms with van der Waals surface area (Å²) in [5.74, 6) is 3.56. The molecule has 1 aromatic rings. The molecule has 2 N–H and O–H groups in total. The van der Waals surface area contributed by atoms with Crippen molar-refractivity contribution < 1.29 is 9.84 Å². The summed E-state index contributed by atoms with van der Waals surface area (Å²) in [6.45, 7) is 0.702. The summed E-state index contributed by atoms with van der Waals surface area (Å²) >= 11 is 1.85. The first-order valence-corrected chi connectivity index (χ1v) is 8.53. The van der Waals surface area contributed by atoms with Crippen LogP contribution in [0.1, 0.15) is 30.9 Å². The van der Waals surface area contributed by atoms with E-state index in [2.05, 4.69) is 17.4 Å². The lowest BCUT2D eigenvalue weighted by molar-refractivity contribution is 0.0636. The predicted molar refractivity (Wildman–Crippen MR) is 83.4 cm³/mol. The van der Waals surface area contributed by atoms with Gasteiger partial charge in [0.25, 0.3) is 0 Å². The third kappa shape index (κ3) is 3.30. The minimum Gasteiger partial charge on any atom is -0.497 e. The van der Waals surface area contributed by atoms with Crippen LogP contribution in [0.3, 0.4) is 0 Å². The van der Waals surface area contributed by atoms with Gasteiger partial charge in [0, 0.05) is 18.3 Å². The van der Waals surface area contributed by atoms with Gasteiger partial charge >= 0.3 is 0 Å². The van der Waals surface area contributed by atoms with E-state index in [1.54, 1.807) is 7.11 Å². The van der Waals surface area contributed by atoms with Crippen LogP contribution < -0.4 is 10.1 Å². The lowest BCUT2D eigenvalue weighted by Gasteiger charge is -2.26. The van der Waals surface area contributed by atoms with Crippen molar-refractivity contribution in [2.75, 3.05) is 25.2 Å². The Morgan fingerprint density at radius 2 is 2.15 bits per heavy atom. The van der Waals surface area contributed by atoms with E-state index in [0.29, 0.717) is 12.6 Å². The number of ether oxygens (including phenoxy) is 1. The van der Waals surface area contributed by atoms with Gasteiger partial charge in [-0.15, -0.1) is 0 Å².